The number of imidazole rings is 1. The molecule has 0 radical (unpaired) electrons. The second-order valence-electron chi connectivity index (χ2n) is 4.06. The number of aromatic amines is 2. The molecular weight excluding hydrogens is 314 g/mol. The first kappa shape index (κ1) is 13.8. The van der Waals surface area contributed by atoms with Gasteiger partial charge in [0.15, 0.2) is 0 Å². The van der Waals surface area contributed by atoms with Crippen molar-refractivity contribution >= 4 is 38.6 Å². The average Bonchev–Trinajstić information content (AvgIpc) is 2.69. The summed E-state index contributed by atoms with van der Waals surface area (Å²) in [6, 6.07) is 3.42. The zero-order valence-corrected chi connectivity index (χ0v) is 12.0. The molecule has 0 saturated heterocycles. The van der Waals surface area contributed by atoms with Crippen molar-refractivity contribution in [2.75, 3.05) is 18.5 Å². The molecule has 102 valence electrons. The largest absolute Gasteiger partial charge is 0.372 e. The second-order valence-corrected chi connectivity index (χ2v) is 4.91. The van der Waals surface area contributed by atoms with Crippen LogP contribution in [0, 0.1) is 0 Å². The monoisotopic (exact) mass is 327 g/mol. The Bertz CT molecular complexity index is 647. The molecule has 1 heterocycles. The van der Waals surface area contributed by atoms with Gasteiger partial charge in [0.2, 0.25) is 5.91 Å². The Kier molecular flexibility index (Phi) is 4.39. The van der Waals surface area contributed by atoms with Gasteiger partial charge in [-0.1, -0.05) is 6.92 Å². The maximum absolute atomic E-state index is 11.6. The summed E-state index contributed by atoms with van der Waals surface area (Å²) in [6.45, 7) is 2.55. The van der Waals surface area contributed by atoms with Gasteiger partial charge in [0.25, 0.3) is 0 Å². The molecule has 0 aliphatic rings. The number of hydrogen-bond acceptors (Lipinski definition) is 3. The topological polar surface area (TPSA) is 87.0 Å². The van der Waals surface area contributed by atoms with Gasteiger partial charge < -0.3 is 20.0 Å². The number of benzene rings is 1. The van der Waals surface area contributed by atoms with Crippen LogP contribution in [-0.4, -0.2) is 29.1 Å². The predicted molar refractivity (Wildman–Crippen MR) is 76.4 cm³/mol. The smallest absolute Gasteiger partial charge is 0.323 e. The average molecular weight is 328 g/mol. The molecule has 0 spiro atoms. The SMILES string of the molecule is CCCOCC(=O)Nc1cc2[nH]c(=O)[nH]c2cc1Br. The van der Waals surface area contributed by atoms with Crippen LogP contribution in [0.5, 0.6) is 0 Å². The highest BCUT2D eigenvalue weighted by Crippen LogP contribution is 2.26. The van der Waals surface area contributed by atoms with Crippen molar-refractivity contribution in [1.29, 1.82) is 0 Å². The highest BCUT2D eigenvalue weighted by Gasteiger charge is 2.08. The lowest BCUT2D eigenvalue weighted by Crippen LogP contribution is -2.18. The Labute approximate surface area is 117 Å². The summed E-state index contributed by atoms with van der Waals surface area (Å²) in [5, 5.41) is 2.72. The van der Waals surface area contributed by atoms with E-state index in [1.165, 1.54) is 0 Å². The minimum absolute atomic E-state index is 0.0158. The van der Waals surface area contributed by atoms with Crippen LogP contribution in [0.3, 0.4) is 0 Å². The van der Waals surface area contributed by atoms with Gasteiger partial charge in [-0.15, -0.1) is 0 Å². The summed E-state index contributed by atoms with van der Waals surface area (Å²) < 4.78 is 5.85. The number of H-pyrrole nitrogens is 2. The zero-order valence-electron chi connectivity index (χ0n) is 10.4. The van der Waals surface area contributed by atoms with E-state index >= 15 is 0 Å². The molecule has 3 N–H and O–H groups in total. The van der Waals surface area contributed by atoms with Crippen molar-refractivity contribution in [2.45, 2.75) is 13.3 Å². The minimum Gasteiger partial charge on any atom is -0.372 e. The lowest BCUT2D eigenvalue weighted by atomic mass is 10.2. The summed E-state index contributed by atoms with van der Waals surface area (Å²) in [5.74, 6) is -0.230. The van der Waals surface area contributed by atoms with Crippen molar-refractivity contribution in [3.8, 4) is 0 Å². The molecule has 0 aliphatic carbocycles. The molecule has 1 aromatic carbocycles. The third-order valence-corrected chi connectivity index (χ3v) is 3.12. The predicted octanol–water partition coefficient (Wildman–Crippen LogP) is 1.98. The first-order valence-corrected chi connectivity index (χ1v) is 6.68. The van der Waals surface area contributed by atoms with Gasteiger partial charge in [0.05, 0.1) is 16.7 Å². The maximum Gasteiger partial charge on any atom is 0.323 e. The number of halogens is 1. The van der Waals surface area contributed by atoms with Crippen LogP contribution in [0.15, 0.2) is 21.4 Å². The van der Waals surface area contributed by atoms with Gasteiger partial charge >= 0.3 is 5.69 Å². The van der Waals surface area contributed by atoms with Gasteiger partial charge in [0, 0.05) is 11.1 Å². The Balaban J connectivity index is 2.13. The highest BCUT2D eigenvalue weighted by molar-refractivity contribution is 9.10. The number of fused-ring (bicyclic) bond motifs is 1. The third kappa shape index (κ3) is 3.45. The molecule has 6 nitrogen and oxygen atoms in total. The van der Waals surface area contributed by atoms with Crippen LogP contribution in [0.2, 0.25) is 0 Å². The third-order valence-electron chi connectivity index (χ3n) is 2.46. The molecule has 0 bridgehead atoms. The summed E-state index contributed by atoms with van der Waals surface area (Å²) in [4.78, 5) is 28.1. The summed E-state index contributed by atoms with van der Waals surface area (Å²) in [6.07, 6.45) is 0.869. The Morgan fingerprint density at radius 3 is 2.74 bits per heavy atom. The zero-order chi connectivity index (χ0) is 13.8. The van der Waals surface area contributed by atoms with Crippen molar-refractivity contribution in [3.63, 3.8) is 0 Å². The lowest BCUT2D eigenvalue weighted by molar-refractivity contribution is -0.120. The van der Waals surface area contributed by atoms with E-state index < -0.39 is 0 Å². The fourth-order valence-electron chi connectivity index (χ4n) is 1.65. The van der Waals surface area contributed by atoms with E-state index in [0.717, 1.165) is 6.42 Å². The molecule has 1 amide bonds. The number of anilines is 1. The molecule has 0 fully saturated rings. The number of rotatable bonds is 5. The molecule has 7 heteroatoms. The molecule has 0 saturated carbocycles. The molecule has 0 aliphatic heterocycles. The molecule has 2 rings (SSSR count). The molecular formula is C12H14BrN3O3. The number of carbonyl (C=O) groups excluding carboxylic acids is 1. The molecule has 1 aromatic heterocycles. The van der Waals surface area contributed by atoms with Crippen LogP contribution in [-0.2, 0) is 9.53 Å². The van der Waals surface area contributed by atoms with E-state index in [0.29, 0.717) is 27.8 Å². The molecule has 2 aromatic rings. The van der Waals surface area contributed by atoms with E-state index in [1.807, 2.05) is 6.92 Å². The fourth-order valence-corrected chi connectivity index (χ4v) is 2.09. The van der Waals surface area contributed by atoms with Crippen LogP contribution in [0.4, 0.5) is 5.69 Å². The Morgan fingerprint density at radius 2 is 2.05 bits per heavy atom. The van der Waals surface area contributed by atoms with Gasteiger partial charge in [0.1, 0.15) is 6.61 Å². The van der Waals surface area contributed by atoms with Crippen LogP contribution in [0.25, 0.3) is 11.0 Å². The lowest BCUT2D eigenvalue weighted by Gasteiger charge is -2.07. The van der Waals surface area contributed by atoms with Gasteiger partial charge in [-0.3, -0.25) is 4.79 Å². The van der Waals surface area contributed by atoms with E-state index in [4.69, 9.17) is 4.74 Å². The van der Waals surface area contributed by atoms with E-state index in [2.05, 4.69) is 31.2 Å². The van der Waals surface area contributed by atoms with Gasteiger partial charge in [-0.25, -0.2) is 4.79 Å². The molecule has 19 heavy (non-hydrogen) atoms. The Hall–Kier alpha value is -1.60. The summed E-state index contributed by atoms with van der Waals surface area (Å²) in [7, 11) is 0. The number of hydrogen-bond donors (Lipinski definition) is 3. The van der Waals surface area contributed by atoms with E-state index in [9.17, 15) is 9.59 Å². The van der Waals surface area contributed by atoms with Crippen molar-refractivity contribution in [1.82, 2.24) is 9.97 Å². The van der Waals surface area contributed by atoms with Crippen LogP contribution in [0.1, 0.15) is 13.3 Å². The second kappa shape index (κ2) is 6.03. The van der Waals surface area contributed by atoms with Crippen LogP contribution >= 0.6 is 15.9 Å². The van der Waals surface area contributed by atoms with Gasteiger partial charge in [-0.2, -0.15) is 0 Å². The van der Waals surface area contributed by atoms with Gasteiger partial charge in [-0.05, 0) is 34.5 Å². The van der Waals surface area contributed by atoms with Crippen LogP contribution < -0.4 is 11.0 Å². The molecule has 0 atom stereocenters. The standard InChI is InChI=1S/C12H14BrN3O3/c1-2-3-19-6-11(17)14-8-5-10-9(4-7(8)13)15-12(18)16-10/h4-5H,2-3,6H2,1H3,(H,14,17)(H2,15,16,18). The number of nitrogens with one attached hydrogen (secondary N) is 3. The first-order chi connectivity index (χ1) is 9.10. The maximum atomic E-state index is 11.6. The summed E-state index contributed by atoms with van der Waals surface area (Å²) >= 11 is 3.35. The number of amides is 1. The minimum atomic E-state index is -0.281. The normalized spacial score (nSPS) is 10.8. The van der Waals surface area contributed by atoms with Crippen molar-refractivity contribution in [2.24, 2.45) is 0 Å². The van der Waals surface area contributed by atoms with Crippen molar-refractivity contribution in [3.05, 3.63) is 27.1 Å². The van der Waals surface area contributed by atoms with E-state index in [-0.39, 0.29) is 18.2 Å². The van der Waals surface area contributed by atoms with Crippen molar-refractivity contribution < 1.29 is 9.53 Å². The van der Waals surface area contributed by atoms with E-state index in [1.54, 1.807) is 12.1 Å². The summed E-state index contributed by atoms with van der Waals surface area (Å²) in [5.41, 5.74) is 1.62. The number of ether oxygens (including phenoxy) is 1. The number of carbonyl (C=O) groups is 1. The quantitative estimate of drug-likeness (QED) is 0.734. The number of aromatic nitrogens is 2. The highest BCUT2D eigenvalue weighted by atomic mass is 79.9. The first-order valence-electron chi connectivity index (χ1n) is 5.89. The molecule has 0 unspecified atom stereocenters. The fraction of sp³-hybridized carbons (Fsp3) is 0.333. The Morgan fingerprint density at radius 1 is 1.37 bits per heavy atom.